The fourth-order valence-electron chi connectivity index (χ4n) is 2.48. The van der Waals surface area contributed by atoms with Gasteiger partial charge >= 0.3 is 0 Å². The minimum absolute atomic E-state index is 0.614. The number of hydrogen-bond donors (Lipinski definition) is 0. The molecular weight excluding hydrogens is 304 g/mol. The first-order valence-electron chi connectivity index (χ1n) is 7.53. The predicted molar refractivity (Wildman–Crippen MR) is 94.0 cm³/mol. The van der Waals surface area contributed by atoms with Gasteiger partial charge in [0.1, 0.15) is 11.6 Å². The van der Waals surface area contributed by atoms with E-state index in [1.165, 1.54) is 16.0 Å². The molecular formula is C19H16N2OS. The summed E-state index contributed by atoms with van der Waals surface area (Å²) in [5.74, 6) is 2.33. The van der Waals surface area contributed by atoms with Crippen molar-refractivity contribution in [3.05, 3.63) is 77.9 Å². The Hall–Kier alpha value is -2.46. The van der Waals surface area contributed by atoms with Crippen LogP contribution >= 0.6 is 11.9 Å². The Balaban J connectivity index is 1.54. The van der Waals surface area contributed by atoms with Gasteiger partial charge in [-0.3, -0.25) is 4.31 Å². The van der Waals surface area contributed by atoms with Crippen molar-refractivity contribution in [2.24, 2.45) is 0 Å². The second-order valence-corrected chi connectivity index (χ2v) is 6.55. The zero-order chi connectivity index (χ0) is 15.6. The highest BCUT2D eigenvalue weighted by molar-refractivity contribution is 8.01. The fraction of sp³-hybridized carbons (Fsp3) is 0.105. The molecule has 0 amide bonds. The quantitative estimate of drug-likeness (QED) is 0.619. The molecule has 4 heteroatoms. The summed E-state index contributed by atoms with van der Waals surface area (Å²) >= 11 is 1.72. The van der Waals surface area contributed by atoms with E-state index >= 15 is 0 Å². The lowest BCUT2D eigenvalue weighted by Crippen LogP contribution is -2.09. The lowest BCUT2D eigenvalue weighted by molar-refractivity contribution is 0.463. The third-order valence-corrected chi connectivity index (χ3v) is 4.83. The number of ether oxygens (including phenoxy) is 1. The zero-order valence-corrected chi connectivity index (χ0v) is 13.6. The number of aromatic nitrogens is 1. The van der Waals surface area contributed by atoms with E-state index in [0.29, 0.717) is 5.88 Å². The number of pyridine rings is 1. The van der Waals surface area contributed by atoms with Crippen LogP contribution in [0.15, 0.2) is 71.6 Å². The van der Waals surface area contributed by atoms with Gasteiger partial charge in [-0.1, -0.05) is 42.0 Å². The molecule has 1 aliphatic rings. The van der Waals surface area contributed by atoms with E-state index in [-0.39, 0.29) is 0 Å². The Morgan fingerprint density at radius 2 is 1.78 bits per heavy atom. The Bertz CT molecular complexity index is 808. The average Bonchev–Trinajstić information content (AvgIpc) is 3.01. The number of hydrogen-bond acceptors (Lipinski definition) is 4. The van der Waals surface area contributed by atoms with Crippen LogP contribution in [0.3, 0.4) is 0 Å². The first-order valence-corrected chi connectivity index (χ1v) is 8.30. The van der Waals surface area contributed by atoms with Crippen LogP contribution in [0, 0.1) is 6.92 Å². The van der Waals surface area contributed by atoms with Crippen LogP contribution in [0.2, 0.25) is 0 Å². The van der Waals surface area contributed by atoms with Crippen LogP contribution < -0.4 is 9.04 Å². The van der Waals surface area contributed by atoms with Crippen LogP contribution in [0.25, 0.3) is 0 Å². The van der Waals surface area contributed by atoms with Gasteiger partial charge in [0.05, 0.1) is 6.54 Å². The molecule has 2 aromatic carbocycles. The molecule has 0 saturated carbocycles. The van der Waals surface area contributed by atoms with Crippen molar-refractivity contribution < 1.29 is 4.74 Å². The molecule has 0 unspecified atom stereocenters. The third kappa shape index (κ3) is 3.03. The summed E-state index contributed by atoms with van der Waals surface area (Å²) in [7, 11) is 0. The minimum Gasteiger partial charge on any atom is -0.439 e. The molecule has 2 heterocycles. The van der Waals surface area contributed by atoms with Gasteiger partial charge in [0.25, 0.3) is 0 Å². The summed E-state index contributed by atoms with van der Waals surface area (Å²) in [6, 6.07) is 22.3. The topological polar surface area (TPSA) is 25.4 Å². The Labute approximate surface area is 140 Å². The number of benzene rings is 2. The number of fused-ring (bicyclic) bond motifs is 1. The Kier molecular flexibility index (Phi) is 3.67. The molecule has 0 radical (unpaired) electrons. The highest BCUT2D eigenvalue weighted by Gasteiger charge is 2.21. The second-order valence-electron chi connectivity index (χ2n) is 5.48. The maximum absolute atomic E-state index is 5.86. The van der Waals surface area contributed by atoms with E-state index < -0.39 is 0 Å². The Morgan fingerprint density at radius 1 is 0.957 bits per heavy atom. The molecule has 3 nitrogen and oxygen atoms in total. The monoisotopic (exact) mass is 320 g/mol. The van der Waals surface area contributed by atoms with Crippen LogP contribution in [0.4, 0.5) is 5.82 Å². The molecule has 0 N–H and O–H groups in total. The summed E-state index contributed by atoms with van der Waals surface area (Å²) in [6.45, 7) is 2.92. The number of rotatable bonds is 3. The van der Waals surface area contributed by atoms with E-state index in [2.05, 4.69) is 40.5 Å². The van der Waals surface area contributed by atoms with Crippen molar-refractivity contribution in [1.29, 1.82) is 0 Å². The lowest BCUT2D eigenvalue weighted by Gasteiger charge is -2.15. The van der Waals surface area contributed by atoms with Gasteiger partial charge in [-0.2, -0.15) is 4.98 Å². The smallest absolute Gasteiger partial charge is 0.221 e. The molecule has 3 aromatic rings. The highest BCUT2D eigenvalue weighted by atomic mass is 32.2. The van der Waals surface area contributed by atoms with Gasteiger partial charge in [0, 0.05) is 11.0 Å². The van der Waals surface area contributed by atoms with Crippen LogP contribution in [-0.2, 0) is 6.54 Å². The first kappa shape index (κ1) is 14.2. The molecule has 0 atom stereocenters. The lowest BCUT2D eigenvalue weighted by atomic mass is 10.2. The van der Waals surface area contributed by atoms with E-state index in [1.54, 1.807) is 11.9 Å². The molecule has 23 heavy (non-hydrogen) atoms. The molecule has 1 aromatic heterocycles. The van der Waals surface area contributed by atoms with Crippen molar-refractivity contribution in [3.63, 3.8) is 0 Å². The molecule has 0 spiro atoms. The summed E-state index contributed by atoms with van der Waals surface area (Å²) in [5.41, 5.74) is 2.55. The molecule has 0 fully saturated rings. The van der Waals surface area contributed by atoms with Gasteiger partial charge in [0.2, 0.25) is 5.88 Å². The van der Waals surface area contributed by atoms with E-state index in [0.717, 1.165) is 18.1 Å². The SMILES string of the molecule is Cc1ccc(Oc2cccc(N3Cc4ccccc4S3)n2)cc1. The normalized spacial score (nSPS) is 13.0. The van der Waals surface area contributed by atoms with Gasteiger partial charge in [0.15, 0.2) is 0 Å². The predicted octanol–water partition coefficient (Wildman–Crippen LogP) is 5.21. The maximum Gasteiger partial charge on any atom is 0.221 e. The standard InChI is InChI=1S/C19H16N2OS/c1-14-9-11-16(12-10-14)22-19-8-4-7-18(20-19)21-13-15-5-2-3-6-17(15)23-21/h2-12H,13H2,1H3. The van der Waals surface area contributed by atoms with Crippen molar-refractivity contribution in [2.75, 3.05) is 4.31 Å². The second kappa shape index (κ2) is 5.97. The van der Waals surface area contributed by atoms with Gasteiger partial charge < -0.3 is 4.74 Å². The van der Waals surface area contributed by atoms with E-state index in [1.807, 2.05) is 42.5 Å². The van der Waals surface area contributed by atoms with Gasteiger partial charge in [-0.15, -0.1) is 0 Å². The maximum atomic E-state index is 5.86. The zero-order valence-electron chi connectivity index (χ0n) is 12.8. The molecule has 1 aliphatic heterocycles. The summed E-state index contributed by atoms with van der Waals surface area (Å²) in [4.78, 5) is 5.93. The fourth-order valence-corrected chi connectivity index (χ4v) is 3.51. The number of aryl methyl sites for hydroxylation is 1. The van der Waals surface area contributed by atoms with Crippen LogP contribution in [-0.4, -0.2) is 4.98 Å². The third-order valence-electron chi connectivity index (χ3n) is 3.70. The highest BCUT2D eigenvalue weighted by Crippen LogP contribution is 2.39. The minimum atomic E-state index is 0.614. The van der Waals surface area contributed by atoms with Crippen LogP contribution in [0.5, 0.6) is 11.6 Å². The van der Waals surface area contributed by atoms with Gasteiger partial charge in [-0.05, 0) is 48.7 Å². The first-order chi connectivity index (χ1) is 11.3. The van der Waals surface area contributed by atoms with Crippen molar-refractivity contribution in [2.45, 2.75) is 18.4 Å². The van der Waals surface area contributed by atoms with Crippen molar-refractivity contribution >= 4 is 17.8 Å². The van der Waals surface area contributed by atoms with Crippen molar-refractivity contribution in [1.82, 2.24) is 4.98 Å². The molecule has 0 saturated heterocycles. The molecule has 114 valence electrons. The van der Waals surface area contributed by atoms with Crippen LogP contribution in [0.1, 0.15) is 11.1 Å². The number of anilines is 1. The summed E-state index contributed by atoms with van der Waals surface area (Å²) < 4.78 is 8.05. The van der Waals surface area contributed by atoms with E-state index in [9.17, 15) is 0 Å². The summed E-state index contributed by atoms with van der Waals surface area (Å²) in [5, 5.41) is 0. The van der Waals surface area contributed by atoms with Gasteiger partial charge in [-0.25, -0.2) is 0 Å². The molecule has 0 bridgehead atoms. The average molecular weight is 320 g/mol. The largest absolute Gasteiger partial charge is 0.439 e. The Morgan fingerprint density at radius 3 is 2.61 bits per heavy atom. The summed E-state index contributed by atoms with van der Waals surface area (Å²) in [6.07, 6.45) is 0. The number of nitrogens with zero attached hydrogens (tertiary/aromatic N) is 2. The molecule has 4 rings (SSSR count). The molecule has 0 aliphatic carbocycles. The van der Waals surface area contributed by atoms with E-state index in [4.69, 9.17) is 4.74 Å². The van der Waals surface area contributed by atoms with Crippen molar-refractivity contribution in [3.8, 4) is 11.6 Å².